The summed E-state index contributed by atoms with van der Waals surface area (Å²) in [6.45, 7) is 0. The average Bonchev–Trinajstić information content (AvgIpc) is 2.02. The van der Waals surface area contributed by atoms with E-state index in [-0.39, 0.29) is 0 Å². The second-order valence-corrected chi connectivity index (χ2v) is 4.45. The molecule has 7 heteroatoms. The minimum atomic E-state index is -2.60. The predicted octanol–water partition coefficient (Wildman–Crippen LogP) is -0.161. The maximum Gasteiger partial charge on any atom is 0.488 e. The molecule has 1 unspecified atom stereocenters. The van der Waals surface area contributed by atoms with Crippen molar-refractivity contribution in [3.63, 3.8) is 0 Å². The highest BCUT2D eigenvalue weighted by atomic mass is 31.1. The number of rotatable bonds is 1. The second-order valence-electron chi connectivity index (χ2n) is 3.64. The summed E-state index contributed by atoms with van der Waals surface area (Å²) in [6, 6.07) is 0. The minimum Gasteiger partial charge on any atom is -0.566 e. The van der Waals surface area contributed by atoms with Crippen molar-refractivity contribution in [1.82, 2.24) is 4.90 Å². The van der Waals surface area contributed by atoms with Crippen LogP contribution in [-0.4, -0.2) is 57.7 Å². The van der Waals surface area contributed by atoms with E-state index in [1.807, 2.05) is 35.2 Å². The maximum atomic E-state index is 9.18. The van der Waals surface area contributed by atoms with Crippen LogP contribution in [0.2, 0.25) is 0 Å². The molecule has 0 rings (SSSR count). The van der Waals surface area contributed by atoms with Crippen molar-refractivity contribution in [2.45, 2.75) is 0 Å². The molecule has 0 spiro atoms. The average molecular weight is 224 g/mol. The number of nitrogens with one attached hydrogen (secondary N) is 1. The van der Waals surface area contributed by atoms with Crippen LogP contribution in [-0.2, 0) is 9.09 Å². The Morgan fingerprint density at radius 1 is 1.43 bits per heavy atom. The molecule has 0 heterocycles. The summed E-state index contributed by atoms with van der Waals surface area (Å²) in [6.07, 6.45) is 0. The molecule has 0 radical (unpaired) electrons. The molecule has 0 fully saturated rings. The van der Waals surface area contributed by atoms with Gasteiger partial charge in [-0.1, -0.05) is 0 Å². The third kappa shape index (κ3) is 9.54. The Balaban J connectivity index is 0. The molecule has 14 heavy (non-hydrogen) atoms. The number of nitrogens with zero attached hydrogens (tertiary/aromatic N) is 2. The number of hydrogen-bond donors (Lipinski definition) is 1. The van der Waals surface area contributed by atoms with Gasteiger partial charge in [0.2, 0.25) is 0 Å². The van der Waals surface area contributed by atoms with Crippen LogP contribution in [0.4, 0.5) is 0 Å². The molecule has 0 bridgehead atoms. The molecule has 0 aliphatic rings. The van der Waals surface area contributed by atoms with Crippen molar-refractivity contribution in [2.24, 2.45) is 0 Å². The Labute approximate surface area is 86.1 Å². The van der Waals surface area contributed by atoms with E-state index in [9.17, 15) is 9.46 Å². The first-order valence-electron chi connectivity index (χ1n) is 3.89. The summed E-state index contributed by atoms with van der Waals surface area (Å²) in [5.74, 6) is 0.606. The van der Waals surface area contributed by atoms with E-state index in [2.05, 4.69) is 4.52 Å². The zero-order chi connectivity index (χ0) is 11.9. The second kappa shape index (κ2) is 6.84. The van der Waals surface area contributed by atoms with Crippen molar-refractivity contribution in [1.29, 1.82) is 5.41 Å². The molecule has 0 aromatic heterocycles. The summed E-state index contributed by atoms with van der Waals surface area (Å²) in [5.41, 5.74) is 0. The molecule has 0 aromatic carbocycles. The summed E-state index contributed by atoms with van der Waals surface area (Å²) in [5, 5.41) is 7.49. The van der Waals surface area contributed by atoms with Crippen LogP contribution in [0.15, 0.2) is 0 Å². The van der Waals surface area contributed by atoms with E-state index >= 15 is 0 Å². The van der Waals surface area contributed by atoms with E-state index < -0.39 is 8.25 Å². The lowest BCUT2D eigenvalue weighted by Crippen LogP contribution is -2.48. The molecule has 1 N–H and O–H groups in total. The fourth-order valence-electron chi connectivity index (χ4n) is 0.600. The fourth-order valence-corrected chi connectivity index (χ4v) is 0.600. The van der Waals surface area contributed by atoms with Crippen LogP contribution >= 0.6 is 8.25 Å². The van der Waals surface area contributed by atoms with E-state index in [1.165, 1.54) is 0 Å². The number of quaternary nitrogens is 1. The molecule has 0 aliphatic heterocycles. The molecule has 0 saturated carbocycles. The van der Waals surface area contributed by atoms with Crippen LogP contribution in [0, 0.1) is 5.41 Å². The Bertz CT molecular complexity index is 201. The number of guanidine groups is 1. The topological polar surface area (TPSA) is 76.5 Å². The van der Waals surface area contributed by atoms with Gasteiger partial charge in [-0.25, -0.2) is 5.41 Å². The van der Waals surface area contributed by atoms with Crippen LogP contribution in [0.25, 0.3) is 0 Å². The predicted molar refractivity (Wildman–Crippen MR) is 54.1 cm³/mol. The molecule has 0 aromatic rings. The van der Waals surface area contributed by atoms with Crippen molar-refractivity contribution < 1.29 is 18.5 Å². The summed E-state index contributed by atoms with van der Waals surface area (Å²) in [7, 11) is 8.19. The highest BCUT2D eigenvalue weighted by Crippen LogP contribution is 2.02. The first-order chi connectivity index (χ1) is 6.12. The zero-order valence-corrected chi connectivity index (χ0v) is 10.5. The van der Waals surface area contributed by atoms with Gasteiger partial charge in [0.05, 0.1) is 28.3 Å². The van der Waals surface area contributed by atoms with Gasteiger partial charge in [0.1, 0.15) is 0 Å². The lowest BCUT2D eigenvalue weighted by molar-refractivity contribution is -0.783. The van der Waals surface area contributed by atoms with Gasteiger partial charge < -0.3 is 9.79 Å². The SMILES string of the molecule is CN(C)C(=N)[N+](C)(C)C.CO[P+](=O)[O-]. The molecule has 84 valence electrons. The fraction of sp³-hybridized carbons (Fsp3) is 0.857. The first-order valence-corrected chi connectivity index (χ1v) is 4.98. The van der Waals surface area contributed by atoms with Crippen LogP contribution in [0.3, 0.4) is 0 Å². The zero-order valence-electron chi connectivity index (χ0n) is 9.57. The van der Waals surface area contributed by atoms with Crippen LogP contribution < -0.4 is 4.89 Å². The molecule has 0 aliphatic carbocycles. The van der Waals surface area contributed by atoms with Gasteiger partial charge in [0.15, 0.2) is 0 Å². The van der Waals surface area contributed by atoms with Gasteiger partial charge in [0, 0.05) is 14.1 Å². The third-order valence-corrected chi connectivity index (χ3v) is 1.51. The van der Waals surface area contributed by atoms with Gasteiger partial charge in [-0.2, -0.15) is 4.52 Å². The molecule has 0 saturated heterocycles. The van der Waals surface area contributed by atoms with Crippen molar-refractivity contribution in [2.75, 3.05) is 42.3 Å². The molecular weight excluding hydrogens is 205 g/mol. The third-order valence-electron chi connectivity index (χ3n) is 1.21. The first kappa shape index (κ1) is 15.9. The minimum absolute atomic E-state index is 0.576. The Morgan fingerprint density at radius 3 is 1.71 bits per heavy atom. The normalized spacial score (nSPS) is 11.2. The Morgan fingerprint density at radius 2 is 1.71 bits per heavy atom. The maximum absolute atomic E-state index is 9.18. The van der Waals surface area contributed by atoms with Gasteiger partial charge in [-0.05, 0) is 4.57 Å². The Hall–Kier alpha value is -0.550. The van der Waals surface area contributed by atoms with Crippen LogP contribution in [0.5, 0.6) is 0 Å². The largest absolute Gasteiger partial charge is 0.566 e. The monoisotopic (exact) mass is 224 g/mol. The van der Waals surface area contributed by atoms with E-state index in [1.54, 1.807) is 4.90 Å². The van der Waals surface area contributed by atoms with Gasteiger partial charge in [0.25, 0.3) is 5.96 Å². The van der Waals surface area contributed by atoms with Crippen LogP contribution in [0.1, 0.15) is 0 Å². The number of hydrogen-bond acceptors (Lipinski definition) is 4. The highest BCUT2D eigenvalue weighted by molar-refractivity contribution is 7.30. The Kier molecular flexibility index (Phi) is 7.77. The summed E-state index contributed by atoms with van der Waals surface area (Å²) < 4.78 is 13.5. The molecular formula is C7H19N3O3P+. The lowest BCUT2D eigenvalue weighted by Gasteiger charge is -2.27. The molecule has 0 amide bonds. The summed E-state index contributed by atoms with van der Waals surface area (Å²) >= 11 is 0. The lowest BCUT2D eigenvalue weighted by atomic mass is 10.6. The van der Waals surface area contributed by atoms with Crippen molar-refractivity contribution >= 4 is 14.2 Å². The van der Waals surface area contributed by atoms with E-state index in [0.717, 1.165) is 7.11 Å². The van der Waals surface area contributed by atoms with Gasteiger partial charge >= 0.3 is 8.25 Å². The smallest absolute Gasteiger partial charge is 0.488 e. The van der Waals surface area contributed by atoms with E-state index in [4.69, 9.17) is 5.41 Å². The highest BCUT2D eigenvalue weighted by Gasteiger charge is 2.17. The quantitative estimate of drug-likeness (QED) is 0.290. The standard InChI is InChI=1S/C6H16N3.CH3O3P/c1-8(2)6(7)9(3,4)5;1-4-5(2)3/h7H,1-5H3;1H3/q+1;. The molecule has 6 nitrogen and oxygen atoms in total. The molecule has 1 atom stereocenters. The summed E-state index contributed by atoms with van der Waals surface area (Å²) in [4.78, 5) is 11.0. The van der Waals surface area contributed by atoms with Gasteiger partial charge in [-0.3, -0.25) is 4.48 Å². The van der Waals surface area contributed by atoms with E-state index in [0.29, 0.717) is 10.4 Å². The van der Waals surface area contributed by atoms with Crippen molar-refractivity contribution in [3.05, 3.63) is 0 Å². The van der Waals surface area contributed by atoms with Gasteiger partial charge in [-0.15, -0.1) is 0 Å². The van der Waals surface area contributed by atoms with Crippen molar-refractivity contribution in [3.8, 4) is 0 Å².